The average molecular weight is 264 g/mol. The van der Waals surface area contributed by atoms with Gasteiger partial charge in [0.15, 0.2) is 0 Å². The maximum Gasteiger partial charge on any atom is 0.244 e. The number of aryl methyl sites for hydroxylation is 1. The quantitative estimate of drug-likeness (QED) is 0.820. The van der Waals surface area contributed by atoms with Crippen LogP contribution in [0.3, 0.4) is 0 Å². The van der Waals surface area contributed by atoms with E-state index in [0.717, 1.165) is 5.56 Å². The zero-order valence-corrected chi connectivity index (χ0v) is 11.3. The maximum atomic E-state index is 12.4. The Morgan fingerprint density at radius 2 is 1.94 bits per heavy atom. The molecule has 0 saturated carbocycles. The van der Waals surface area contributed by atoms with Gasteiger partial charge in [-0.3, -0.25) is 0 Å². The molecule has 1 heterocycles. The SMILES string of the molecule is Cc1ccc(S(=O)(=O)N2CC(C)CC2C#N)cc1. The predicted octanol–water partition coefficient (Wildman–Crippen LogP) is 1.92. The molecule has 1 saturated heterocycles. The van der Waals surface area contributed by atoms with Crippen LogP contribution < -0.4 is 0 Å². The van der Waals surface area contributed by atoms with E-state index in [-0.39, 0.29) is 10.8 Å². The highest BCUT2D eigenvalue weighted by molar-refractivity contribution is 7.89. The summed E-state index contributed by atoms with van der Waals surface area (Å²) in [6.07, 6.45) is 0.613. The molecule has 18 heavy (non-hydrogen) atoms. The largest absolute Gasteiger partial charge is 0.244 e. The fourth-order valence-corrected chi connectivity index (χ4v) is 3.91. The number of hydrogen-bond acceptors (Lipinski definition) is 3. The van der Waals surface area contributed by atoms with Crippen LogP contribution in [0, 0.1) is 24.2 Å². The van der Waals surface area contributed by atoms with Crippen molar-refractivity contribution in [1.82, 2.24) is 4.31 Å². The molecule has 1 aromatic rings. The second kappa shape index (κ2) is 4.71. The third-order valence-electron chi connectivity index (χ3n) is 3.24. The van der Waals surface area contributed by atoms with Gasteiger partial charge in [0.1, 0.15) is 6.04 Å². The molecular weight excluding hydrogens is 248 g/mol. The van der Waals surface area contributed by atoms with Gasteiger partial charge in [0.05, 0.1) is 11.0 Å². The molecule has 4 nitrogen and oxygen atoms in total. The maximum absolute atomic E-state index is 12.4. The van der Waals surface area contributed by atoms with Crippen molar-refractivity contribution in [3.05, 3.63) is 29.8 Å². The first-order chi connectivity index (χ1) is 8.45. The highest BCUT2D eigenvalue weighted by atomic mass is 32.2. The van der Waals surface area contributed by atoms with Gasteiger partial charge in [-0.2, -0.15) is 9.57 Å². The van der Waals surface area contributed by atoms with Crippen molar-refractivity contribution in [2.45, 2.75) is 31.2 Å². The van der Waals surface area contributed by atoms with E-state index in [4.69, 9.17) is 5.26 Å². The van der Waals surface area contributed by atoms with Gasteiger partial charge in [-0.15, -0.1) is 0 Å². The lowest BCUT2D eigenvalue weighted by Gasteiger charge is -2.19. The Labute approximate surface area is 108 Å². The van der Waals surface area contributed by atoms with E-state index >= 15 is 0 Å². The second-order valence-corrected chi connectivity index (χ2v) is 6.76. The predicted molar refractivity (Wildman–Crippen MR) is 68.3 cm³/mol. The molecule has 2 atom stereocenters. The third kappa shape index (κ3) is 2.26. The monoisotopic (exact) mass is 264 g/mol. The number of nitriles is 1. The van der Waals surface area contributed by atoms with E-state index in [2.05, 4.69) is 6.07 Å². The molecule has 0 N–H and O–H groups in total. The van der Waals surface area contributed by atoms with E-state index in [0.29, 0.717) is 13.0 Å². The number of hydrogen-bond donors (Lipinski definition) is 0. The molecule has 0 amide bonds. The second-order valence-electron chi connectivity index (χ2n) is 4.87. The van der Waals surface area contributed by atoms with Gasteiger partial charge in [0, 0.05) is 6.54 Å². The highest BCUT2D eigenvalue weighted by Gasteiger charge is 2.38. The Morgan fingerprint density at radius 3 is 2.50 bits per heavy atom. The molecule has 0 bridgehead atoms. The van der Waals surface area contributed by atoms with Crippen molar-refractivity contribution < 1.29 is 8.42 Å². The van der Waals surface area contributed by atoms with Gasteiger partial charge in [0.25, 0.3) is 0 Å². The summed E-state index contributed by atoms with van der Waals surface area (Å²) in [6.45, 7) is 4.30. The van der Waals surface area contributed by atoms with Crippen molar-refractivity contribution in [2.75, 3.05) is 6.54 Å². The standard InChI is InChI=1S/C13H16N2O2S/c1-10-3-5-13(6-4-10)18(16,17)15-9-11(2)7-12(15)8-14/h3-6,11-12H,7,9H2,1-2H3. The van der Waals surface area contributed by atoms with Crippen LogP contribution in [0.2, 0.25) is 0 Å². The summed E-state index contributed by atoms with van der Waals surface area (Å²) in [5.74, 6) is 0.231. The summed E-state index contributed by atoms with van der Waals surface area (Å²) in [5, 5.41) is 9.05. The minimum atomic E-state index is -3.54. The van der Waals surface area contributed by atoms with E-state index in [1.165, 1.54) is 4.31 Å². The van der Waals surface area contributed by atoms with Crippen LogP contribution in [0.15, 0.2) is 29.2 Å². The summed E-state index contributed by atoms with van der Waals surface area (Å²) < 4.78 is 26.2. The van der Waals surface area contributed by atoms with Crippen LogP contribution in [0.4, 0.5) is 0 Å². The van der Waals surface area contributed by atoms with Gasteiger partial charge in [-0.05, 0) is 31.4 Å². The summed E-state index contributed by atoms with van der Waals surface area (Å²) in [7, 11) is -3.54. The molecule has 0 radical (unpaired) electrons. The van der Waals surface area contributed by atoms with Gasteiger partial charge in [-0.1, -0.05) is 24.6 Å². The van der Waals surface area contributed by atoms with Gasteiger partial charge in [0.2, 0.25) is 10.0 Å². The van der Waals surface area contributed by atoms with Crippen LogP contribution in [0.25, 0.3) is 0 Å². The van der Waals surface area contributed by atoms with E-state index in [1.807, 2.05) is 13.8 Å². The number of benzene rings is 1. The molecule has 0 aliphatic carbocycles. The van der Waals surface area contributed by atoms with Crippen LogP contribution in [-0.2, 0) is 10.0 Å². The number of sulfonamides is 1. The van der Waals surface area contributed by atoms with Crippen molar-refractivity contribution in [2.24, 2.45) is 5.92 Å². The minimum Gasteiger partial charge on any atom is -0.207 e. The Balaban J connectivity index is 2.37. The molecule has 1 fully saturated rings. The summed E-state index contributed by atoms with van der Waals surface area (Å²) in [5.41, 5.74) is 1.01. The fourth-order valence-electron chi connectivity index (χ4n) is 2.24. The summed E-state index contributed by atoms with van der Waals surface area (Å²) >= 11 is 0. The lowest BCUT2D eigenvalue weighted by molar-refractivity contribution is 0.431. The van der Waals surface area contributed by atoms with Crippen LogP contribution in [0.1, 0.15) is 18.9 Å². The van der Waals surface area contributed by atoms with Crippen molar-refractivity contribution >= 4 is 10.0 Å². The minimum absolute atomic E-state index is 0.231. The van der Waals surface area contributed by atoms with Crippen molar-refractivity contribution in [3.63, 3.8) is 0 Å². The normalized spacial score (nSPS) is 24.9. The molecular formula is C13H16N2O2S. The number of nitrogens with zero attached hydrogens (tertiary/aromatic N) is 2. The first-order valence-electron chi connectivity index (χ1n) is 5.93. The molecule has 0 spiro atoms. The molecule has 1 aliphatic rings. The Morgan fingerprint density at radius 1 is 1.33 bits per heavy atom. The third-order valence-corrected chi connectivity index (χ3v) is 5.13. The molecule has 0 aromatic heterocycles. The number of rotatable bonds is 2. The Hall–Kier alpha value is -1.38. The van der Waals surface area contributed by atoms with E-state index in [9.17, 15) is 8.42 Å². The van der Waals surface area contributed by atoms with Crippen LogP contribution in [-0.4, -0.2) is 25.3 Å². The van der Waals surface area contributed by atoms with Crippen molar-refractivity contribution in [3.8, 4) is 6.07 Å². The molecule has 1 aromatic carbocycles. The summed E-state index contributed by atoms with van der Waals surface area (Å²) in [6, 6.07) is 8.28. The fraction of sp³-hybridized carbons (Fsp3) is 0.462. The zero-order chi connectivity index (χ0) is 13.3. The lowest BCUT2D eigenvalue weighted by atomic mass is 10.1. The first-order valence-corrected chi connectivity index (χ1v) is 7.37. The molecule has 2 unspecified atom stereocenters. The highest BCUT2D eigenvalue weighted by Crippen LogP contribution is 2.29. The topological polar surface area (TPSA) is 61.2 Å². The van der Waals surface area contributed by atoms with Gasteiger partial charge < -0.3 is 0 Å². The molecule has 1 aliphatic heterocycles. The van der Waals surface area contributed by atoms with E-state index in [1.54, 1.807) is 24.3 Å². The smallest absolute Gasteiger partial charge is 0.207 e. The van der Waals surface area contributed by atoms with Crippen LogP contribution in [0.5, 0.6) is 0 Å². The molecule has 5 heteroatoms. The lowest BCUT2D eigenvalue weighted by Crippen LogP contribution is -2.34. The first kappa shape index (κ1) is 13.1. The molecule has 96 valence electrons. The van der Waals surface area contributed by atoms with Gasteiger partial charge in [-0.25, -0.2) is 8.42 Å². The zero-order valence-electron chi connectivity index (χ0n) is 10.5. The van der Waals surface area contributed by atoms with Crippen molar-refractivity contribution in [1.29, 1.82) is 5.26 Å². The Bertz CT molecular complexity index is 572. The molecule has 2 rings (SSSR count). The van der Waals surface area contributed by atoms with Crippen LogP contribution >= 0.6 is 0 Å². The average Bonchev–Trinajstić information content (AvgIpc) is 2.72. The Kier molecular flexibility index (Phi) is 3.42. The van der Waals surface area contributed by atoms with E-state index < -0.39 is 16.1 Å². The summed E-state index contributed by atoms with van der Waals surface area (Å²) in [4.78, 5) is 0.266. The van der Waals surface area contributed by atoms with Gasteiger partial charge >= 0.3 is 0 Å².